The topological polar surface area (TPSA) is 29.5 Å². The SMILES string of the molecule is CC[C@@H](C)CC(=O)N1CCSC2(CCOCC2)C1. The number of hydrogen-bond acceptors (Lipinski definition) is 3. The Morgan fingerprint density at radius 2 is 2.17 bits per heavy atom. The second-order valence-electron chi connectivity index (χ2n) is 5.68. The van der Waals surface area contributed by atoms with Gasteiger partial charge in [-0.2, -0.15) is 11.8 Å². The van der Waals surface area contributed by atoms with Gasteiger partial charge in [0.2, 0.25) is 5.91 Å². The lowest BCUT2D eigenvalue weighted by atomic mass is 9.97. The Bertz CT molecular complexity index is 284. The molecule has 0 radical (unpaired) electrons. The Morgan fingerprint density at radius 1 is 1.44 bits per heavy atom. The van der Waals surface area contributed by atoms with Crippen LogP contribution < -0.4 is 0 Å². The van der Waals surface area contributed by atoms with Crippen molar-refractivity contribution < 1.29 is 9.53 Å². The van der Waals surface area contributed by atoms with Crippen LogP contribution in [0.3, 0.4) is 0 Å². The molecule has 3 nitrogen and oxygen atoms in total. The largest absolute Gasteiger partial charge is 0.381 e. The summed E-state index contributed by atoms with van der Waals surface area (Å²) in [7, 11) is 0. The van der Waals surface area contributed by atoms with Gasteiger partial charge in [-0.3, -0.25) is 4.79 Å². The number of rotatable bonds is 3. The molecule has 2 rings (SSSR count). The Labute approximate surface area is 115 Å². The Hall–Kier alpha value is -0.220. The first kappa shape index (κ1) is 14.2. The van der Waals surface area contributed by atoms with Crippen LogP contribution in [0, 0.1) is 5.92 Å². The molecule has 2 aliphatic rings. The Kier molecular flexibility index (Phi) is 4.96. The van der Waals surface area contributed by atoms with Gasteiger partial charge in [0.25, 0.3) is 0 Å². The lowest BCUT2D eigenvalue weighted by molar-refractivity contribution is -0.132. The maximum atomic E-state index is 12.3. The zero-order valence-electron chi connectivity index (χ0n) is 11.6. The summed E-state index contributed by atoms with van der Waals surface area (Å²) in [6, 6.07) is 0. The summed E-state index contributed by atoms with van der Waals surface area (Å²) < 4.78 is 5.75. The first-order valence-corrected chi connectivity index (χ1v) is 8.13. The van der Waals surface area contributed by atoms with E-state index in [4.69, 9.17) is 4.74 Å². The molecule has 0 unspecified atom stereocenters. The van der Waals surface area contributed by atoms with Gasteiger partial charge in [-0.1, -0.05) is 20.3 Å². The first-order chi connectivity index (χ1) is 8.65. The Morgan fingerprint density at radius 3 is 2.83 bits per heavy atom. The van der Waals surface area contributed by atoms with Gasteiger partial charge >= 0.3 is 0 Å². The molecule has 0 aromatic carbocycles. The number of amides is 1. The fourth-order valence-corrected chi connectivity index (χ4v) is 4.12. The molecule has 1 spiro atoms. The lowest BCUT2D eigenvalue weighted by Crippen LogP contribution is -2.51. The van der Waals surface area contributed by atoms with Crippen LogP contribution in [0.4, 0.5) is 0 Å². The average molecular weight is 271 g/mol. The third-order valence-corrected chi connectivity index (χ3v) is 5.76. The number of thioether (sulfide) groups is 1. The van der Waals surface area contributed by atoms with Crippen LogP contribution in [-0.2, 0) is 9.53 Å². The number of ether oxygens (including phenoxy) is 1. The highest BCUT2D eigenvalue weighted by molar-refractivity contribution is 8.00. The smallest absolute Gasteiger partial charge is 0.222 e. The number of carbonyl (C=O) groups is 1. The molecule has 0 aromatic heterocycles. The fourth-order valence-electron chi connectivity index (χ4n) is 2.68. The minimum atomic E-state index is 0.293. The van der Waals surface area contributed by atoms with Crippen molar-refractivity contribution in [2.75, 3.05) is 32.1 Å². The molecule has 2 fully saturated rings. The van der Waals surface area contributed by atoms with Gasteiger partial charge in [0.1, 0.15) is 0 Å². The predicted octanol–water partition coefficient (Wildman–Crippen LogP) is 2.55. The maximum absolute atomic E-state index is 12.3. The van der Waals surface area contributed by atoms with E-state index in [-0.39, 0.29) is 0 Å². The molecule has 2 heterocycles. The van der Waals surface area contributed by atoms with Gasteiger partial charge in [-0.15, -0.1) is 0 Å². The molecule has 0 saturated carbocycles. The number of hydrogen-bond donors (Lipinski definition) is 0. The highest BCUT2D eigenvalue weighted by Crippen LogP contribution is 2.39. The summed E-state index contributed by atoms with van der Waals surface area (Å²) in [4.78, 5) is 14.4. The molecular weight excluding hydrogens is 246 g/mol. The van der Waals surface area contributed by atoms with E-state index in [0.717, 1.165) is 51.3 Å². The normalized spacial score (nSPS) is 25.1. The second kappa shape index (κ2) is 6.29. The van der Waals surface area contributed by atoms with Crippen molar-refractivity contribution in [2.45, 2.75) is 44.3 Å². The molecule has 2 aliphatic heterocycles. The van der Waals surface area contributed by atoms with Gasteiger partial charge < -0.3 is 9.64 Å². The fraction of sp³-hybridized carbons (Fsp3) is 0.929. The van der Waals surface area contributed by atoms with E-state index in [9.17, 15) is 4.79 Å². The van der Waals surface area contributed by atoms with Crippen molar-refractivity contribution in [3.05, 3.63) is 0 Å². The molecule has 4 heteroatoms. The van der Waals surface area contributed by atoms with E-state index in [1.54, 1.807) is 0 Å². The van der Waals surface area contributed by atoms with Gasteiger partial charge in [0, 0.05) is 43.2 Å². The van der Waals surface area contributed by atoms with Crippen molar-refractivity contribution >= 4 is 17.7 Å². The monoisotopic (exact) mass is 271 g/mol. The first-order valence-electron chi connectivity index (χ1n) is 7.15. The van der Waals surface area contributed by atoms with E-state index in [2.05, 4.69) is 30.5 Å². The average Bonchev–Trinajstić information content (AvgIpc) is 2.39. The highest BCUT2D eigenvalue weighted by Gasteiger charge is 2.39. The minimum absolute atomic E-state index is 0.293. The van der Waals surface area contributed by atoms with Crippen molar-refractivity contribution in [3.63, 3.8) is 0 Å². The summed E-state index contributed by atoms with van der Waals surface area (Å²) in [6.07, 6.45) is 4.01. The van der Waals surface area contributed by atoms with E-state index in [0.29, 0.717) is 23.0 Å². The summed E-state index contributed by atoms with van der Waals surface area (Å²) in [5.41, 5.74) is 0. The highest BCUT2D eigenvalue weighted by atomic mass is 32.2. The van der Waals surface area contributed by atoms with Crippen LogP contribution in [0.5, 0.6) is 0 Å². The summed E-state index contributed by atoms with van der Waals surface area (Å²) >= 11 is 2.06. The second-order valence-corrected chi connectivity index (χ2v) is 7.24. The van der Waals surface area contributed by atoms with Gasteiger partial charge in [0.15, 0.2) is 0 Å². The van der Waals surface area contributed by atoms with E-state index in [1.165, 1.54) is 0 Å². The molecule has 2 saturated heterocycles. The van der Waals surface area contributed by atoms with Crippen LogP contribution >= 0.6 is 11.8 Å². The maximum Gasteiger partial charge on any atom is 0.222 e. The van der Waals surface area contributed by atoms with Crippen LogP contribution in [0.1, 0.15) is 39.5 Å². The minimum Gasteiger partial charge on any atom is -0.381 e. The number of nitrogens with zero attached hydrogens (tertiary/aromatic N) is 1. The van der Waals surface area contributed by atoms with Crippen LogP contribution in [0.2, 0.25) is 0 Å². The predicted molar refractivity (Wildman–Crippen MR) is 75.9 cm³/mol. The van der Waals surface area contributed by atoms with E-state index < -0.39 is 0 Å². The van der Waals surface area contributed by atoms with Crippen molar-refractivity contribution in [3.8, 4) is 0 Å². The van der Waals surface area contributed by atoms with Crippen molar-refractivity contribution in [2.24, 2.45) is 5.92 Å². The zero-order chi connectivity index (χ0) is 13.0. The molecule has 0 aromatic rings. The standard InChI is InChI=1S/C14H25NO2S/c1-3-12(2)10-13(16)15-6-9-18-14(11-15)4-7-17-8-5-14/h12H,3-11H2,1-2H3/t12-/m1/s1. The summed E-state index contributed by atoms with van der Waals surface area (Å²) in [5, 5.41) is 0. The lowest BCUT2D eigenvalue weighted by Gasteiger charge is -2.44. The van der Waals surface area contributed by atoms with Crippen molar-refractivity contribution in [1.29, 1.82) is 0 Å². The van der Waals surface area contributed by atoms with Crippen LogP contribution in [0.15, 0.2) is 0 Å². The molecule has 18 heavy (non-hydrogen) atoms. The quantitative estimate of drug-likeness (QED) is 0.790. The van der Waals surface area contributed by atoms with Gasteiger partial charge in [-0.25, -0.2) is 0 Å². The number of carbonyl (C=O) groups excluding carboxylic acids is 1. The van der Waals surface area contributed by atoms with E-state index in [1.807, 2.05) is 0 Å². The summed E-state index contributed by atoms with van der Waals surface area (Å²) in [5.74, 6) is 1.96. The van der Waals surface area contributed by atoms with Crippen LogP contribution in [-0.4, -0.2) is 47.6 Å². The molecule has 0 N–H and O–H groups in total. The van der Waals surface area contributed by atoms with Gasteiger partial charge in [0.05, 0.1) is 0 Å². The molecule has 1 atom stereocenters. The van der Waals surface area contributed by atoms with E-state index >= 15 is 0 Å². The van der Waals surface area contributed by atoms with Gasteiger partial charge in [-0.05, 0) is 18.8 Å². The molecule has 104 valence electrons. The zero-order valence-corrected chi connectivity index (χ0v) is 12.4. The molecular formula is C14H25NO2S. The van der Waals surface area contributed by atoms with Crippen molar-refractivity contribution in [1.82, 2.24) is 4.90 Å². The molecule has 0 bridgehead atoms. The third kappa shape index (κ3) is 3.41. The molecule has 1 amide bonds. The van der Waals surface area contributed by atoms with Crippen LogP contribution in [0.25, 0.3) is 0 Å². The summed E-state index contributed by atoms with van der Waals surface area (Å²) in [6.45, 7) is 7.92. The third-order valence-electron chi connectivity index (χ3n) is 4.23. The Balaban J connectivity index is 1.91. The molecule has 0 aliphatic carbocycles.